The van der Waals surface area contributed by atoms with E-state index < -0.39 is 10.0 Å². The van der Waals surface area contributed by atoms with Crippen molar-refractivity contribution in [1.29, 1.82) is 0 Å². The minimum absolute atomic E-state index is 0.138. The quantitative estimate of drug-likeness (QED) is 0.194. The molecule has 42 heavy (non-hydrogen) atoms. The van der Waals surface area contributed by atoms with Crippen molar-refractivity contribution in [3.63, 3.8) is 0 Å². The number of thiazole rings is 1. The van der Waals surface area contributed by atoms with Gasteiger partial charge in [0.2, 0.25) is 0 Å². The molecule has 0 radical (unpaired) electrons. The molecule has 0 spiro atoms. The highest BCUT2D eigenvalue weighted by Gasteiger charge is 2.26. The molecule has 0 saturated carbocycles. The largest absolute Gasteiger partial charge is 0.507 e. The number of aromatic nitrogens is 1. The van der Waals surface area contributed by atoms with Gasteiger partial charge in [-0.15, -0.1) is 11.3 Å². The van der Waals surface area contributed by atoms with Gasteiger partial charge in [-0.25, -0.2) is 13.4 Å². The maximum absolute atomic E-state index is 14.0. The second kappa shape index (κ2) is 11.5. The van der Waals surface area contributed by atoms with Gasteiger partial charge in [0.05, 0.1) is 15.5 Å². The molecular weight excluding hydrogens is 565 g/mol. The monoisotopic (exact) mass is 598 g/mol. The van der Waals surface area contributed by atoms with Gasteiger partial charge < -0.3 is 14.9 Å². The Hall–Kier alpha value is -4.34. The van der Waals surface area contributed by atoms with Gasteiger partial charge in [0.15, 0.2) is 0 Å². The summed E-state index contributed by atoms with van der Waals surface area (Å²) in [5, 5.41) is 11.1. The zero-order valence-electron chi connectivity index (χ0n) is 24.5. The van der Waals surface area contributed by atoms with Crippen LogP contribution in [0.3, 0.4) is 0 Å². The van der Waals surface area contributed by atoms with E-state index in [2.05, 4.69) is 4.72 Å². The summed E-state index contributed by atoms with van der Waals surface area (Å²) in [4.78, 5) is 9.97. The fourth-order valence-corrected chi connectivity index (χ4v) is 7.09. The van der Waals surface area contributed by atoms with Crippen LogP contribution in [0.4, 0.5) is 17.1 Å². The van der Waals surface area contributed by atoms with Gasteiger partial charge in [-0.3, -0.25) is 4.72 Å². The number of sulfonamides is 1. The fourth-order valence-electron chi connectivity index (χ4n) is 4.74. The number of aryl methyl sites for hydroxylation is 2. The van der Waals surface area contributed by atoms with Crippen molar-refractivity contribution in [2.75, 3.05) is 42.7 Å². The lowest BCUT2D eigenvalue weighted by Gasteiger charge is -2.18. The van der Waals surface area contributed by atoms with Crippen molar-refractivity contribution in [2.24, 2.45) is 0 Å². The molecular formula is C33H34N4O3S2. The first kappa shape index (κ1) is 29.2. The van der Waals surface area contributed by atoms with Crippen molar-refractivity contribution in [2.45, 2.75) is 18.7 Å². The number of rotatable bonds is 8. The lowest BCUT2D eigenvalue weighted by Crippen LogP contribution is -2.16. The van der Waals surface area contributed by atoms with Gasteiger partial charge in [0.25, 0.3) is 10.0 Å². The van der Waals surface area contributed by atoms with Crippen LogP contribution >= 0.6 is 11.3 Å². The highest BCUT2D eigenvalue weighted by Crippen LogP contribution is 2.44. The number of nitrogens with zero attached hydrogens (tertiary/aromatic N) is 3. The fraction of sp³-hybridized carbons (Fsp3) is 0.182. The molecule has 5 rings (SSSR count). The molecule has 0 saturated heterocycles. The van der Waals surface area contributed by atoms with E-state index in [4.69, 9.17) is 4.98 Å². The number of nitrogens with one attached hydrogen (secondary N) is 1. The smallest absolute Gasteiger partial charge is 0.262 e. The first-order chi connectivity index (χ1) is 19.9. The standard InChI is InChI=1S/C33H34N4O3S2/c1-21-18-24(19-22(2)31(21)38)33-34-30(32(41-33)23-12-14-26(15-13-23)36(3)4)28-17-16-27(37(5)6)20-29(28)42(39,40)35-25-10-8-7-9-11-25/h7-20,35,38H,1-6H3. The summed E-state index contributed by atoms with van der Waals surface area (Å²) < 4.78 is 30.7. The molecule has 2 N–H and O–H groups in total. The third kappa shape index (κ3) is 5.84. The number of benzene rings is 4. The topological polar surface area (TPSA) is 85.8 Å². The Morgan fingerprint density at radius 2 is 1.36 bits per heavy atom. The van der Waals surface area contributed by atoms with Crippen molar-refractivity contribution >= 4 is 38.4 Å². The molecule has 0 bridgehead atoms. The van der Waals surface area contributed by atoms with Crippen molar-refractivity contribution in [3.8, 4) is 38.0 Å². The van der Waals surface area contributed by atoms with E-state index >= 15 is 0 Å². The van der Waals surface area contributed by atoms with Crippen LogP contribution in [0.5, 0.6) is 5.75 Å². The Labute approximate surface area is 251 Å². The lowest BCUT2D eigenvalue weighted by atomic mass is 10.0. The third-order valence-electron chi connectivity index (χ3n) is 7.06. The summed E-state index contributed by atoms with van der Waals surface area (Å²) in [6.07, 6.45) is 0. The van der Waals surface area contributed by atoms with Crippen LogP contribution < -0.4 is 14.5 Å². The predicted molar refractivity (Wildman–Crippen MR) is 175 cm³/mol. The molecule has 1 heterocycles. The Kier molecular flexibility index (Phi) is 7.99. The second-order valence-corrected chi connectivity index (χ2v) is 13.3. The molecule has 4 aromatic carbocycles. The molecule has 0 atom stereocenters. The molecule has 0 fully saturated rings. The molecule has 7 nitrogen and oxygen atoms in total. The van der Waals surface area contributed by atoms with Crippen LogP contribution in [0.2, 0.25) is 0 Å². The van der Waals surface area contributed by atoms with E-state index in [9.17, 15) is 13.5 Å². The van der Waals surface area contributed by atoms with Crippen LogP contribution in [0.1, 0.15) is 11.1 Å². The van der Waals surface area contributed by atoms with E-state index in [1.54, 1.807) is 30.3 Å². The number of hydrogen-bond acceptors (Lipinski definition) is 7. The predicted octanol–water partition coefficient (Wildman–Crippen LogP) is 7.40. The van der Waals surface area contributed by atoms with Crippen molar-refractivity contribution < 1.29 is 13.5 Å². The first-order valence-corrected chi connectivity index (χ1v) is 15.7. The van der Waals surface area contributed by atoms with Crippen LogP contribution in [-0.4, -0.2) is 46.7 Å². The number of phenolic OH excluding ortho intramolecular Hbond substituents is 1. The highest BCUT2D eigenvalue weighted by molar-refractivity contribution is 7.92. The molecule has 9 heteroatoms. The molecule has 0 aliphatic rings. The average Bonchev–Trinajstić information content (AvgIpc) is 3.41. The molecule has 5 aromatic rings. The molecule has 0 aliphatic carbocycles. The molecule has 216 valence electrons. The number of phenols is 1. The molecule has 0 unspecified atom stereocenters. The summed E-state index contributed by atoms with van der Waals surface area (Å²) in [5.74, 6) is 0.259. The maximum Gasteiger partial charge on any atom is 0.262 e. The Bertz CT molecular complexity index is 1820. The third-order valence-corrected chi connectivity index (χ3v) is 9.64. The van der Waals surface area contributed by atoms with Crippen LogP contribution in [0, 0.1) is 13.8 Å². The summed E-state index contributed by atoms with van der Waals surface area (Å²) in [5.41, 5.74) is 6.68. The summed E-state index contributed by atoms with van der Waals surface area (Å²) in [7, 11) is 3.75. The minimum atomic E-state index is -3.99. The Morgan fingerprint density at radius 3 is 1.95 bits per heavy atom. The van der Waals surface area contributed by atoms with E-state index in [0.717, 1.165) is 43.5 Å². The molecule has 0 aliphatic heterocycles. The minimum Gasteiger partial charge on any atom is -0.507 e. The zero-order valence-corrected chi connectivity index (χ0v) is 26.1. The van der Waals surface area contributed by atoms with Gasteiger partial charge in [0.1, 0.15) is 10.8 Å². The average molecular weight is 599 g/mol. The van der Waals surface area contributed by atoms with Crippen LogP contribution in [0.25, 0.3) is 32.3 Å². The van der Waals surface area contributed by atoms with E-state index in [1.807, 2.05) is 106 Å². The van der Waals surface area contributed by atoms with E-state index in [0.29, 0.717) is 16.9 Å². The van der Waals surface area contributed by atoms with Gasteiger partial charge in [-0.05, 0) is 85.1 Å². The van der Waals surface area contributed by atoms with Gasteiger partial charge in [-0.2, -0.15) is 0 Å². The zero-order chi connectivity index (χ0) is 30.2. The Morgan fingerprint density at radius 1 is 0.762 bits per heavy atom. The van der Waals surface area contributed by atoms with Crippen molar-refractivity contribution in [1.82, 2.24) is 4.98 Å². The second-order valence-electron chi connectivity index (χ2n) is 10.6. The van der Waals surface area contributed by atoms with E-state index in [-0.39, 0.29) is 10.6 Å². The normalized spacial score (nSPS) is 11.4. The number of para-hydroxylation sites is 1. The summed E-state index contributed by atoms with van der Waals surface area (Å²) in [6, 6.07) is 26.3. The number of anilines is 3. The first-order valence-electron chi connectivity index (χ1n) is 13.4. The summed E-state index contributed by atoms with van der Waals surface area (Å²) >= 11 is 1.50. The SMILES string of the molecule is Cc1cc(-c2nc(-c3ccc(N(C)C)cc3S(=O)(=O)Nc3ccccc3)c(-c3ccc(N(C)C)cc3)s2)cc(C)c1O. The van der Waals surface area contributed by atoms with E-state index in [1.165, 1.54) is 11.3 Å². The van der Waals surface area contributed by atoms with Gasteiger partial charge in [-0.1, -0.05) is 30.3 Å². The molecule has 0 amide bonds. The number of hydrogen-bond donors (Lipinski definition) is 2. The summed E-state index contributed by atoms with van der Waals surface area (Å²) in [6.45, 7) is 3.72. The van der Waals surface area contributed by atoms with Crippen LogP contribution in [0.15, 0.2) is 89.8 Å². The lowest BCUT2D eigenvalue weighted by molar-refractivity contribution is 0.467. The molecule has 1 aromatic heterocycles. The van der Waals surface area contributed by atoms with Crippen molar-refractivity contribution in [3.05, 3.63) is 96.1 Å². The maximum atomic E-state index is 14.0. The highest BCUT2D eigenvalue weighted by atomic mass is 32.2. The van der Waals surface area contributed by atoms with Gasteiger partial charge in [0, 0.05) is 56.4 Å². The van der Waals surface area contributed by atoms with Gasteiger partial charge >= 0.3 is 0 Å². The Balaban J connectivity index is 1.75. The number of aromatic hydroxyl groups is 1. The van der Waals surface area contributed by atoms with Crippen LogP contribution in [-0.2, 0) is 10.0 Å².